The summed E-state index contributed by atoms with van der Waals surface area (Å²) in [6.07, 6.45) is 0.945. The maximum atomic E-state index is 12.1. The molecule has 0 aromatic heterocycles. The molecule has 1 saturated heterocycles. The second kappa shape index (κ2) is 6.43. The van der Waals surface area contributed by atoms with E-state index in [-0.39, 0.29) is 18.7 Å². The number of hydrogen-bond acceptors (Lipinski definition) is 4. The summed E-state index contributed by atoms with van der Waals surface area (Å²) in [7, 11) is 1.54. The van der Waals surface area contributed by atoms with Gasteiger partial charge in [0.2, 0.25) is 5.91 Å². The van der Waals surface area contributed by atoms with Gasteiger partial charge >= 0.3 is 6.09 Å². The predicted octanol–water partition coefficient (Wildman–Crippen LogP) is 1.74. The van der Waals surface area contributed by atoms with Gasteiger partial charge in [-0.1, -0.05) is 6.92 Å². The van der Waals surface area contributed by atoms with Crippen LogP contribution in [0.4, 0.5) is 4.79 Å². The molecule has 0 radical (unpaired) electrons. The number of nitrogens with one attached hydrogen (secondary N) is 1. The first-order valence-corrected chi connectivity index (χ1v) is 6.93. The zero-order valence-electron chi connectivity index (χ0n) is 13.1. The third-order valence-corrected chi connectivity index (χ3v) is 3.44. The summed E-state index contributed by atoms with van der Waals surface area (Å²) < 4.78 is 10.2. The Kier molecular flexibility index (Phi) is 5.39. The van der Waals surface area contributed by atoms with Crippen molar-refractivity contribution in [2.45, 2.75) is 46.1 Å². The van der Waals surface area contributed by atoms with Crippen molar-refractivity contribution in [3.8, 4) is 0 Å². The molecule has 1 aliphatic heterocycles. The van der Waals surface area contributed by atoms with Gasteiger partial charge in [0.25, 0.3) is 0 Å². The van der Waals surface area contributed by atoms with E-state index in [2.05, 4.69) is 5.32 Å². The highest BCUT2D eigenvalue weighted by atomic mass is 16.6. The van der Waals surface area contributed by atoms with E-state index >= 15 is 0 Å². The molecule has 1 fully saturated rings. The van der Waals surface area contributed by atoms with Gasteiger partial charge < -0.3 is 19.7 Å². The number of hydrogen-bond donors (Lipinski definition) is 1. The Morgan fingerprint density at radius 1 is 1.25 bits per heavy atom. The SMILES string of the molecule is COCNC(=O)C1(C)CCN(C(=O)OC(C)(C)C)CC1. The summed E-state index contributed by atoms with van der Waals surface area (Å²) in [6, 6.07) is 0. The van der Waals surface area contributed by atoms with Crippen LogP contribution in [-0.4, -0.2) is 49.4 Å². The Morgan fingerprint density at radius 3 is 2.25 bits per heavy atom. The highest BCUT2D eigenvalue weighted by Gasteiger charge is 2.38. The molecule has 116 valence electrons. The van der Waals surface area contributed by atoms with Gasteiger partial charge in [0, 0.05) is 25.6 Å². The van der Waals surface area contributed by atoms with Crippen molar-refractivity contribution in [1.82, 2.24) is 10.2 Å². The number of carbonyl (C=O) groups is 2. The first kappa shape index (κ1) is 16.8. The number of ether oxygens (including phenoxy) is 2. The van der Waals surface area contributed by atoms with Gasteiger partial charge in [-0.25, -0.2) is 4.79 Å². The topological polar surface area (TPSA) is 67.9 Å². The lowest BCUT2D eigenvalue weighted by atomic mass is 9.79. The van der Waals surface area contributed by atoms with Crippen LogP contribution in [0.25, 0.3) is 0 Å². The number of likely N-dealkylation sites (tertiary alicyclic amines) is 1. The zero-order chi connectivity index (χ0) is 15.4. The van der Waals surface area contributed by atoms with Gasteiger partial charge in [0.15, 0.2) is 0 Å². The molecule has 1 heterocycles. The van der Waals surface area contributed by atoms with Crippen LogP contribution in [0.5, 0.6) is 0 Å². The first-order valence-electron chi connectivity index (χ1n) is 6.93. The van der Waals surface area contributed by atoms with Crippen LogP contribution in [0.3, 0.4) is 0 Å². The molecule has 0 saturated carbocycles. The summed E-state index contributed by atoms with van der Waals surface area (Å²) in [5.74, 6) is -0.0248. The number of amides is 2. The van der Waals surface area contributed by atoms with Crippen LogP contribution >= 0.6 is 0 Å². The van der Waals surface area contributed by atoms with Gasteiger partial charge in [-0.15, -0.1) is 0 Å². The van der Waals surface area contributed by atoms with E-state index in [1.54, 1.807) is 4.90 Å². The lowest BCUT2D eigenvalue weighted by Gasteiger charge is -2.38. The molecule has 0 bridgehead atoms. The highest BCUT2D eigenvalue weighted by Crippen LogP contribution is 2.31. The van der Waals surface area contributed by atoms with Crippen LogP contribution < -0.4 is 5.32 Å². The van der Waals surface area contributed by atoms with E-state index < -0.39 is 11.0 Å². The van der Waals surface area contributed by atoms with Crippen molar-refractivity contribution in [3.05, 3.63) is 0 Å². The van der Waals surface area contributed by atoms with E-state index in [4.69, 9.17) is 9.47 Å². The second-order valence-corrected chi connectivity index (χ2v) is 6.47. The van der Waals surface area contributed by atoms with Crippen LogP contribution in [-0.2, 0) is 14.3 Å². The number of carbonyl (C=O) groups excluding carboxylic acids is 2. The fourth-order valence-electron chi connectivity index (χ4n) is 2.09. The molecule has 1 aliphatic rings. The molecular formula is C14H26N2O4. The average molecular weight is 286 g/mol. The molecule has 20 heavy (non-hydrogen) atoms. The summed E-state index contributed by atoms with van der Waals surface area (Å²) in [4.78, 5) is 25.7. The van der Waals surface area contributed by atoms with E-state index in [9.17, 15) is 9.59 Å². The number of methoxy groups -OCH3 is 1. The van der Waals surface area contributed by atoms with Crippen molar-refractivity contribution in [3.63, 3.8) is 0 Å². The maximum absolute atomic E-state index is 12.1. The molecule has 1 rings (SSSR count). The minimum absolute atomic E-state index is 0.0248. The molecule has 6 nitrogen and oxygen atoms in total. The third kappa shape index (κ3) is 4.67. The van der Waals surface area contributed by atoms with E-state index in [1.165, 1.54) is 7.11 Å². The minimum atomic E-state index is -0.492. The second-order valence-electron chi connectivity index (χ2n) is 6.47. The third-order valence-electron chi connectivity index (χ3n) is 3.44. The van der Waals surface area contributed by atoms with Crippen LogP contribution in [0.1, 0.15) is 40.5 Å². The van der Waals surface area contributed by atoms with Crippen molar-refractivity contribution in [2.24, 2.45) is 5.41 Å². The molecule has 0 aromatic rings. The number of rotatable bonds is 3. The molecular weight excluding hydrogens is 260 g/mol. The fraction of sp³-hybridized carbons (Fsp3) is 0.857. The quantitative estimate of drug-likeness (QED) is 0.803. The van der Waals surface area contributed by atoms with Gasteiger partial charge in [0.05, 0.1) is 0 Å². The molecule has 1 N–H and O–H groups in total. The molecule has 6 heteroatoms. The fourth-order valence-corrected chi connectivity index (χ4v) is 2.09. The summed E-state index contributed by atoms with van der Waals surface area (Å²) in [5.41, 5.74) is -0.940. The zero-order valence-corrected chi connectivity index (χ0v) is 13.1. The summed E-state index contributed by atoms with van der Waals surface area (Å²) in [5, 5.41) is 2.73. The normalized spacial score (nSPS) is 18.6. The molecule has 0 spiro atoms. The molecule has 0 aliphatic carbocycles. The Balaban J connectivity index is 2.50. The van der Waals surface area contributed by atoms with Crippen molar-refractivity contribution >= 4 is 12.0 Å². The maximum Gasteiger partial charge on any atom is 0.410 e. The highest BCUT2D eigenvalue weighted by molar-refractivity contribution is 5.82. The van der Waals surface area contributed by atoms with Crippen LogP contribution in [0.15, 0.2) is 0 Å². The lowest BCUT2D eigenvalue weighted by molar-refractivity contribution is -0.134. The minimum Gasteiger partial charge on any atom is -0.444 e. The van der Waals surface area contributed by atoms with Crippen LogP contribution in [0.2, 0.25) is 0 Å². The molecule has 2 amide bonds. The Bertz CT molecular complexity index is 355. The Labute approximate surface area is 120 Å². The average Bonchev–Trinajstić information content (AvgIpc) is 2.34. The Morgan fingerprint density at radius 2 is 1.80 bits per heavy atom. The smallest absolute Gasteiger partial charge is 0.410 e. The monoisotopic (exact) mass is 286 g/mol. The van der Waals surface area contributed by atoms with Crippen molar-refractivity contribution in [2.75, 3.05) is 26.9 Å². The largest absolute Gasteiger partial charge is 0.444 e. The standard InChI is InChI=1S/C14H26N2O4/c1-13(2,3)20-12(18)16-8-6-14(4,7-9-16)11(17)15-10-19-5/h6-10H2,1-5H3,(H,15,17). The lowest BCUT2D eigenvalue weighted by Crippen LogP contribution is -2.49. The number of piperidine rings is 1. The molecule has 0 aromatic carbocycles. The van der Waals surface area contributed by atoms with Gasteiger partial charge in [-0.3, -0.25) is 4.79 Å². The van der Waals surface area contributed by atoms with Gasteiger partial charge in [-0.2, -0.15) is 0 Å². The van der Waals surface area contributed by atoms with Crippen molar-refractivity contribution < 1.29 is 19.1 Å². The molecule has 0 atom stereocenters. The van der Waals surface area contributed by atoms with E-state index in [0.717, 1.165) is 0 Å². The molecule has 0 unspecified atom stereocenters. The van der Waals surface area contributed by atoms with Gasteiger partial charge in [0.1, 0.15) is 12.3 Å². The summed E-state index contributed by atoms with van der Waals surface area (Å²) >= 11 is 0. The Hall–Kier alpha value is -1.30. The van der Waals surface area contributed by atoms with Crippen LogP contribution in [0, 0.1) is 5.41 Å². The number of nitrogens with zero attached hydrogens (tertiary/aromatic N) is 1. The predicted molar refractivity (Wildman–Crippen MR) is 75.2 cm³/mol. The van der Waals surface area contributed by atoms with E-state index in [0.29, 0.717) is 25.9 Å². The summed E-state index contributed by atoms with van der Waals surface area (Å²) in [6.45, 7) is 8.73. The van der Waals surface area contributed by atoms with E-state index in [1.807, 2.05) is 27.7 Å². The van der Waals surface area contributed by atoms with Gasteiger partial charge in [-0.05, 0) is 33.6 Å². The van der Waals surface area contributed by atoms with Crippen molar-refractivity contribution in [1.29, 1.82) is 0 Å². The first-order chi connectivity index (χ1) is 9.18.